The van der Waals surface area contributed by atoms with Crippen LogP contribution in [0.25, 0.3) is 0 Å². The molecule has 0 aromatic heterocycles. The van der Waals surface area contributed by atoms with Gasteiger partial charge in [-0.1, -0.05) is 13.3 Å². The molecular formula is C13H19F9N2O6. The molecule has 0 bridgehead atoms. The van der Waals surface area contributed by atoms with Crippen molar-refractivity contribution in [2.24, 2.45) is 0 Å². The molecule has 0 amide bonds. The molecule has 17 heteroatoms. The molecule has 1 aliphatic rings. The first-order valence-corrected chi connectivity index (χ1v) is 7.65. The van der Waals surface area contributed by atoms with Crippen molar-refractivity contribution in [3.05, 3.63) is 0 Å². The van der Waals surface area contributed by atoms with E-state index in [0.29, 0.717) is 0 Å². The number of hydrogen-bond donors (Lipinski definition) is 4. The quantitative estimate of drug-likeness (QED) is 0.454. The van der Waals surface area contributed by atoms with Crippen molar-refractivity contribution in [2.75, 3.05) is 19.6 Å². The predicted molar refractivity (Wildman–Crippen MR) is 80.2 cm³/mol. The number of nitrogens with zero attached hydrogens (tertiary/aromatic N) is 1. The van der Waals surface area contributed by atoms with Gasteiger partial charge in [-0.15, -0.1) is 0 Å². The third kappa shape index (κ3) is 22.0. The molecule has 4 N–H and O–H groups in total. The van der Waals surface area contributed by atoms with Crippen LogP contribution in [0.5, 0.6) is 0 Å². The minimum atomic E-state index is -5.08. The Balaban J connectivity index is -0.000000327. The van der Waals surface area contributed by atoms with E-state index < -0.39 is 36.4 Å². The first kappa shape index (κ1) is 32.4. The van der Waals surface area contributed by atoms with Crippen LogP contribution in [0.1, 0.15) is 26.2 Å². The third-order valence-electron chi connectivity index (χ3n) is 2.47. The van der Waals surface area contributed by atoms with Gasteiger partial charge in [0.05, 0.1) is 0 Å². The van der Waals surface area contributed by atoms with Gasteiger partial charge in [0.2, 0.25) is 0 Å². The summed E-state index contributed by atoms with van der Waals surface area (Å²) < 4.78 is 95.2. The van der Waals surface area contributed by atoms with Crippen LogP contribution in [0.3, 0.4) is 0 Å². The largest absolute Gasteiger partial charge is 0.490 e. The van der Waals surface area contributed by atoms with Crippen molar-refractivity contribution in [2.45, 2.75) is 44.7 Å². The Bertz CT molecular complexity index is 455. The van der Waals surface area contributed by atoms with Crippen LogP contribution >= 0.6 is 0 Å². The van der Waals surface area contributed by atoms with Gasteiger partial charge in [-0.25, -0.2) is 19.4 Å². The van der Waals surface area contributed by atoms with Gasteiger partial charge in [0.1, 0.15) is 0 Å². The van der Waals surface area contributed by atoms with Gasteiger partial charge in [0, 0.05) is 19.6 Å². The number of piperidine rings is 1. The van der Waals surface area contributed by atoms with Crippen LogP contribution in [-0.2, 0) is 14.4 Å². The van der Waals surface area contributed by atoms with Gasteiger partial charge >= 0.3 is 36.4 Å². The number of carboxylic acids is 3. The second kappa shape index (κ2) is 14.6. The topological polar surface area (TPSA) is 127 Å². The summed E-state index contributed by atoms with van der Waals surface area (Å²) in [4.78, 5) is 26.7. The van der Waals surface area contributed by atoms with Crippen LogP contribution < -0.4 is 5.43 Å². The SMILES string of the molecule is CCNN1CCCCC1.O=C(O)C(F)(F)F.O=C(O)C(F)(F)F.O=C(O)C(F)(F)F. The molecule has 8 nitrogen and oxygen atoms in total. The first-order chi connectivity index (χ1) is 13.3. The van der Waals surface area contributed by atoms with Gasteiger partial charge in [0.15, 0.2) is 0 Å². The van der Waals surface area contributed by atoms with E-state index in [1.807, 2.05) is 0 Å². The number of rotatable bonds is 2. The lowest BCUT2D eigenvalue weighted by Gasteiger charge is -2.26. The van der Waals surface area contributed by atoms with Crippen LogP contribution in [0.15, 0.2) is 0 Å². The molecule has 0 unspecified atom stereocenters. The maximum atomic E-state index is 10.6. The van der Waals surface area contributed by atoms with E-state index in [0.717, 1.165) is 6.54 Å². The molecular weight excluding hydrogens is 451 g/mol. The number of carboxylic acid groups (broad SMARTS) is 3. The van der Waals surface area contributed by atoms with Gasteiger partial charge < -0.3 is 15.3 Å². The summed E-state index contributed by atoms with van der Waals surface area (Å²) in [6.45, 7) is 5.70. The van der Waals surface area contributed by atoms with E-state index in [-0.39, 0.29) is 0 Å². The molecule has 1 saturated heterocycles. The number of hydrogen-bond acceptors (Lipinski definition) is 5. The molecule has 180 valence electrons. The maximum absolute atomic E-state index is 10.6. The number of aliphatic carboxylic acids is 3. The number of hydrazine groups is 1. The predicted octanol–water partition coefficient (Wildman–Crippen LogP) is 2.90. The fourth-order valence-electron chi connectivity index (χ4n) is 1.28. The number of carbonyl (C=O) groups is 3. The molecule has 0 atom stereocenters. The second-order valence-electron chi connectivity index (χ2n) is 4.97. The summed E-state index contributed by atoms with van der Waals surface area (Å²) in [7, 11) is 0. The van der Waals surface area contributed by atoms with Crippen molar-refractivity contribution >= 4 is 17.9 Å². The van der Waals surface area contributed by atoms with Crippen molar-refractivity contribution in [1.29, 1.82) is 0 Å². The summed E-state index contributed by atoms with van der Waals surface area (Å²) in [5.41, 5.74) is 3.32. The molecule has 0 aromatic rings. The molecule has 0 radical (unpaired) electrons. The lowest BCUT2D eigenvalue weighted by molar-refractivity contribution is -0.193. The smallest absolute Gasteiger partial charge is 0.475 e. The standard InChI is InChI=1S/C7H16N2.3C2HF3O2/c1-2-8-9-6-4-3-5-7-9;3*3-2(4,5)1(6)7/h8H,2-7H2,1H3;3*(H,6,7). The Morgan fingerprint density at radius 1 is 0.700 bits per heavy atom. The van der Waals surface area contributed by atoms with Crippen LogP contribution in [0.2, 0.25) is 0 Å². The van der Waals surface area contributed by atoms with E-state index in [1.165, 1.54) is 32.4 Å². The molecule has 1 heterocycles. The van der Waals surface area contributed by atoms with Gasteiger partial charge in [-0.2, -0.15) is 39.5 Å². The Labute approximate surface area is 163 Å². The van der Waals surface area contributed by atoms with Gasteiger partial charge in [-0.05, 0) is 12.8 Å². The lowest BCUT2D eigenvalue weighted by atomic mass is 10.2. The highest BCUT2D eigenvalue weighted by molar-refractivity contribution is 5.73. The normalized spacial score (nSPS) is 14.6. The molecule has 1 aliphatic heterocycles. The Hall–Kier alpha value is -2.30. The second-order valence-corrected chi connectivity index (χ2v) is 4.97. The minimum absolute atomic E-state index is 1.07. The molecule has 0 saturated carbocycles. The highest BCUT2D eigenvalue weighted by Gasteiger charge is 2.39. The molecule has 1 rings (SSSR count). The summed E-state index contributed by atoms with van der Waals surface area (Å²) in [5.74, 6) is -8.27. The minimum Gasteiger partial charge on any atom is -0.475 e. The summed E-state index contributed by atoms with van der Waals surface area (Å²) in [6.07, 6.45) is -11.1. The van der Waals surface area contributed by atoms with E-state index in [1.54, 1.807) is 0 Å². The van der Waals surface area contributed by atoms with Crippen molar-refractivity contribution in [1.82, 2.24) is 10.4 Å². The number of halogens is 9. The average molecular weight is 470 g/mol. The number of nitrogens with one attached hydrogen (secondary N) is 1. The Kier molecular flexibility index (Phi) is 15.8. The molecule has 30 heavy (non-hydrogen) atoms. The summed E-state index contributed by atoms with van der Waals surface area (Å²) >= 11 is 0. The summed E-state index contributed by atoms with van der Waals surface area (Å²) in [6, 6.07) is 0. The maximum Gasteiger partial charge on any atom is 0.490 e. The molecule has 0 aromatic carbocycles. The monoisotopic (exact) mass is 470 g/mol. The van der Waals surface area contributed by atoms with E-state index in [4.69, 9.17) is 29.7 Å². The van der Waals surface area contributed by atoms with Crippen molar-refractivity contribution < 1.29 is 69.2 Å². The first-order valence-electron chi connectivity index (χ1n) is 7.65. The zero-order chi connectivity index (χ0) is 24.8. The number of alkyl halides is 9. The zero-order valence-electron chi connectivity index (χ0n) is 15.2. The summed E-state index contributed by atoms with van der Waals surface area (Å²) in [5, 5.41) is 23.7. The van der Waals surface area contributed by atoms with Gasteiger partial charge in [-0.3, -0.25) is 5.43 Å². The van der Waals surface area contributed by atoms with Crippen molar-refractivity contribution in [3.63, 3.8) is 0 Å². The fraction of sp³-hybridized carbons (Fsp3) is 0.769. The van der Waals surface area contributed by atoms with Crippen LogP contribution in [-0.4, -0.2) is 76.4 Å². The van der Waals surface area contributed by atoms with Crippen LogP contribution in [0.4, 0.5) is 39.5 Å². The van der Waals surface area contributed by atoms with Gasteiger partial charge in [0.25, 0.3) is 0 Å². The van der Waals surface area contributed by atoms with E-state index in [9.17, 15) is 39.5 Å². The van der Waals surface area contributed by atoms with Crippen molar-refractivity contribution in [3.8, 4) is 0 Å². The lowest BCUT2D eigenvalue weighted by Crippen LogP contribution is -2.41. The van der Waals surface area contributed by atoms with E-state index >= 15 is 0 Å². The van der Waals surface area contributed by atoms with E-state index in [2.05, 4.69) is 17.4 Å². The fourth-order valence-corrected chi connectivity index (χ4v) is 1.28. The molecule has 0 spiro atoms. The third-order valence-corrected chi connectivity index (χ3v) is 2.47. The molecule has 0 aliphatic carbocycles. The van der Waals surface area contributed by atoms with Crippen LogP contribution in [0, 0.1) is 0 Å². The zero-order valence-corrected chi connectivity index (χ0v) is 15.2. The highest BCUT2D eigenvalue weighted by atomic mass is 19.4. The highest BCUT2D eigenvalue weighted by Crippen LogP contribution is 2.14. The Morgan fingerprint density at radius 3 is 1.10 bits per heavy atom. The average Bonchev–Trinajstić information content (AvgIpc) is 2.55. The molecule has 1 fully saturated rings. The Morgan fingerprint density at radius 2 is 0.933 bits per heavy atom.